The molecule has 0 spiro atoms. The highest BCUT2D eigenvalue weighted by molar-refractivity contribution is 6.18. The van der Waals surface area contributed by atoms with Crippen LogP contribution in [0.3, 0.4) is 0 Å². The normalized spacial score (nSPS) is 21.7. The van der Waals surface area contributed by atoms with Crippen LogP contribution in [0.15, 0.2) is 0 Å². The third-order valence-electron chi connectivity index (χ3n) is 2.71. The Hall–Kier alpha value is -0.220. The monoisotopic (exact) mass is 185 g/mol. The maximum absolute atomic E-state index is 8.72. The average Bonchev–Trinajstić information content (AvgIpc) is 2.16. The minimum atomic E-state index is 0.0924. The van der Waals surface area contributed by atoms with E-state index < -0.39 is 0 Å². The molecule has 0 aliphatic heterocycles. The second kappa shape index (κ2) is 5.43. The first-order chi connectivity index (χ1) is 5.86. The molecule has 1 unspecified atom stereocenters. The first-order valence-electron chi connectivity index (χ1n) is 4.82. The van der Waals surface area contributed by atoms with E-state index in [9.17, 15) is 0 Å². The van der Waals surface area contributed by atoms with Crippen LogP contribution in [0.2, 0.25) is 0 Å². The molecule has 68 valence electrons. The Labute approximate surface area is 79.7 Å². The van der Waals surface area contributed by atoms with E-state index in [1.54, 1.807) is 0 Å². The molecule has 0 aromatic rings. The predicted molar refractivity (Wildman–Crippen MR) is 51.0 cm³/mol. The number of alkyl halides is 1. The molecule has 1 nitrogen and oxygen atoms in total. The Balaban J connectivity index is 2.24. The minimum Gasteiger partial charge on any atom is -0.198 e. The van der Waals surface area contributed by atoms with Crippen LogP contribution in [0.4, 0.5) is 0 Å². The molecule has 12 heavy (non-hydrogen) atoms. The van der Waals surface area contributed by atoms with Gasteiger partial charge in [-0.3, -0.25) is 0 Å². The van der Waals surface area contributed by atoms with Gasteiger partial charge in [-0.1, -0.05) is 32.1 Å². The Kier molecular flexibility index (Phi) is 4.46. The molecule has 0 radical (unpaired) electrons. The summed E-state index contributed by atoms with van der Waals surface area (Å²) in [7, 11) is 0. The van der Waals surface area contributed by atoms with E-state index in [0.29, 0.717) is 5.88 Å². The smallest absolute Gasteiger partial charge is 0.0668 e. The van der Waals surface area contributed by atoms with E-state index >= 15 is 0 Å². The van der Waals surface area contributed by atoms with Gasteiger partial charge in [0.1, 0.15) is 0 Å². The summed E-state index contributed by atoms with van der Waals surface area (Å²) >= 11 is 5.66. The van der Waals surface area contributed by atoms with Gasteiger partial charge in [0.15, 0.2) is 0 Å². The molecule has 1 aliphatic rings. The van der Waals surface area contributed by atoms with Crippen molar-refractivity contribution in [3.05, 3.63) is 0 Å². The molecule has 1 aliphatic carbocycles. The van der Waals surface area contributed by atoms with Crippen molar-refractivity contribution in [2.75, 3.05) is 5.88 Å². The van der Waals surface area contributed by atoms with Crippen LogP contribution in [0.1, 0.15) is 38.5 Å². The highest BCUT2D eigenvalue weighted by Gasteiger charge is 2.17. The number of nitriles is 1. The molecular formula is C10H16ClN. The van der Waals surface area contributed by atoms with Crippen molar-refractivity contribution in [1.82, 2.24) is 0 Å². The largest absolute Gasteiger partial charge is 0.198 e. The quantitative estimate of drug-likeness (QED) is 0.619. The molecule has 0 heterocycles. The summed E-state index contributed by atoms with van der Waals surface area (Å²) in [5.74, 6) is 1.38. The van der Waals surface area contributed by atoms with Crippen molar-refractivity contribution >= 4 is 11.6 Å². The highest BCUT2D eigenvalue weighted by Crippen LogP contribution is 2.29. The number of hydrogen-bond donors (Lipinski definition) is 0. The molecule has 1 fully saturated rings. The number of halogens is 1. The van der Waals surface area contributed by atoms with Crippen molar-refractivity contribution < 1.29 is 0 Å². The lowest BCUT2D eigenvalue weighted by atomic mass is 9.83. The summed E-state index contributed by atoms with van der Waals surface area (Å²) in [5, 5.41) is 8.72. The van der Waals surface area contributed by atoms with E-state index in [4.69, 9.17) is 16.9 Å². The molecule has 1 atom stereocenters. The van der Waals surface area contributed by atoms with Gasteiger partial charge in [-0.25, -0.2) is 0 Å². The van der Waals surface area contributed by atoms with E-state index in [-0.39, 0.29) is 5.92 Å². The van der Waals surface area contributed by atoms with Crippen molar-refractivity contribution in [1.29, 1.82) is 5.26 Å². The lowest BCUT2D eigenvalue weighted by molar-refractivity contribution is 0.318. The molecule has 0 bridgehead atoms. The molecule has 0 aromatic heterocycles. The fourth-order valence-corrected chi connectivity index (χ4v) is 2.17. The Morgan fingerprint density at radius 1 is 1.33 bits per heavy atom. The Bertz CT molecular complexity index is 156. The first kappa shape index (κ1) is 9.86. The maximum Gasteiger partial charge on any atom is 0.0668 e. The van der Waals surface area contributed by atoms with Gasteiger partial charge in [0, 0.05) is 5.88 Å². The molecule has 2 heteroatoms. The van der Waals surface area contributed by atoms with Gasteiger partial charge in [-0.2, -0.15) is 5.26 Å². The lowest BCUT2D eigenvalue weighted by Crippen LogP contribution is -2.12. The standard InChI is InChI=1S/C10H16ClN/c11-7-10(8-12)6-9-4-2-1-3-5-9/h9-10H,1-7H2. The molecule has 0 aromatic carbocycles. The average molecular weight is 186 g/mol. The van der Waals surface area contributed by atoms with Gasteiger partial charge in [0.25, 0.3) is 0 Å². The second-order valence-electron chi connectivity index (χ2n) is 3.72. The van der Waals surface area contributed by atoms with Gasteiger partial charge in [-0.15, -0.1) is 11.6 Å². The zero-order valence-electron chi connectivity index (χ0n) is 7.43. The molecule has 0 saturated heterocycles. The third-order valence-corrected chi connectivity index (χ3v) is 3.08. The molecular weight excluding hydrogens is 170 g/mol. The van der Waals surface area contributed by atoms with Crippen molar-refractivity contribution in [2.45, 2.75) is 38.5 Å². The van der Waals surface area contributed by atoms with Crippen LogP contribution in [-0.2, 0) is 0 Å². The van der Waals surface area contributed by atoms with Gasteiger partial charge >= 0.3 is 0 Å². The summed E-state index contributed by atoms with van der Waals surface area (Å²) < 4.78 is 0. The van der Waals surface area contributed by atoms with Crippen LogP contribution in [-0.4, -0.2) is 5.88 Å². The van der Waals surface area contributed by atoms with Gasteiger partial charge < -0.3 is 0 Å². The number of hydrogen-bond acceptors (Lipinski definition) is 1. The number of nitrogens with zero attached hydrogens (tertiary/aromatic N) is 1. The van der Waals surface area contributed by atoms with E-state index in [0.717, 1.165) is 12.3 Å². The zero-order chi connectivity index (χ0) is 8.81. The minimum absolute atomic E-state index is 0.0924. The summed E-state index contributed by atoms with van der Waals surface area (Å²) in [6.45, 7) is 0. The first-order valence-corrected chi connectivity index (χ1v) is 5.36. The second-order valence-corrected chi connectivity index (χ2v) is 4.03. The molecule has 0 N–H and O–H groups in total. The van der Waals surface area contributed by atoms with Gasteiger partial charge in [0.05, 0.1) is 12.0 Å². The molecule has 1 rings (SSSR count). The van der Waals surface area contributed by atoms with E-state index in [1.807, 2.05) is 0 Å². The summed E-state index contributed by atoms with van der Waals surface area (Å²) in [6, 6.07) is 2.27. The van der Waals surface area contributed by atoms with Crippen LogP contribution in [0, 0.1) is 23.2 Å². The van der Waals surface area contributed by atoms with Crippen LogP contribution in [0.25, 0.3) is 0 Å². The zero-order valence-corrected chi connectivity index (χ0v) is 8.19. The van der Waals surface area contributed by atoms with Crippen molar-refractivity contribution in [3.8, 4) is 6.07 Å². The Morgan fingerprint density at radius 3 is 2.50 bits per heavy atom. The molecule has 1 saturated carbocycles. The van der Waals surface area contributed by atoms with Crippen LogP contribution in [0.5, 0.6) is 0 Å². The number of rotatable bonds is 3. The van der Waals surface area contributed by atoms with Crippen LogP contribution >= 0.6 is 11.6 Å². The topological polar surface area (TPSA) is 23.8 Å². The van der Waals surface area contributed by atoms with E-state index in [1.165, 1.54) is 32.1 Å². The predicted octanol–water partition coefficient (Wildman–Crippen LogP) is 3.34. The van der Waals surface area contributed by atoms with Gasteiger partial charge in [0.2, 0.25) is 0 Å². The van der Waals surface area contributed by atoms with Crippen molar-refractivity contribution in [3.63, 3.8) is 0 Å². The highest BCUT2D eigenvalue weighted by atomic mass is 35.5. The fourth-order valence-electron chi connectivity index (χ4n) is 1.98. The molecule has 0 amide bonds. The fraction of sp³-hybridized carbons (Fsp3) is 0.900. The van der Waals surface area contributed by atoms with Crippen LogP contribution < -0.4 is 0 Å². The van der Waals surface area contributed by atoms with E-state index in [2.05, 4.69) is 6.07 Å². The SMILES string of the molecule is N#CC(CCl)CC1CCCCC1. The summed E-state index contributed by atoms with van der Waals surface area (Å²) in [4.78, 5) is 0. The van der Waals surface area contributed by atoms with Gasteiger partial charge in [-0.05, 0) is 12.3 Å². The maximum atomic E-state index is 8.72. The van der Waals surface area contributed by atoms with Crippen molar-refractivity contribution in [2.24, 2.45) is 11.8 Å². The Morgan fingerprint density at radius 2 is 2.00 bits per heavy atom. The summed E-state index contributed by atoms with van der Waals surface area (Å²) in [5.41, 5.74) is 0. The summed E-state index contributed by atoms with van der Waals surface area (Å²) in [6.07, 6.45) is 7.74. The lowest BCUT2D eigenvalue weighted by Gasteiger charge is -2.22. The third kappa shape index (κ3) is 3.03.